The van der Waals surface area contributed by atoms with Gasteiger partial charge in [-0.2, -0.15) is 0 Å². The number of likely N-dealkylation sites (tertiary alicyclic amines) is 1. The molecule has 1 saturated heterocycles. The van der Waals surface area contributed by atoms with Gasteiger partial charge in [-0.05, 0) is 82.4 Å². The van der Waals surface area contributed by atoms with Crippen LogP contribution in [0.3, 0.4) is 0 Å². The average Bonchev–Trinajstić information content (AvgIpc) is 3.72. The molecule has 0 N–H and O–H groups in total. The molecule has 2 aromatic rings. The Bertz CT molecular complexity index is 1190. The smallest absolute Gasteiger partial charge is 0.261 e. The van der Waals surface area contributed by atoms with Crippen LogP contribution in [0.25, 0.3) is 0 Å². The number of alkyl halides is 1. The highest BCUT2D eigenvalue weighted by Gasteiger charge is 2.35. The fourth-order valence-corrected chi connectivity index (χ4v) is 6.67. The standard InChI is InChI=1S/C20H28N2O2.C16H20BrNO2/c23-19-17-11-5-6-12-18(17)20(24)22(19)16-8-4-2-1-3-7-13-21-14-9-10-15-21;17-11-7-3-1-2-4-8-12-18-15(19)13-9-5-6-10-14(13)16(18)20/h5-6,11-12H,1-4,7-10,13-16H2;5-6,9-10H,1-4,7-8,11-12H2. The monoisotopic (exact) mass is 665 g/mol. The van der Waals surface area contributed by atoms with Crippen LogP contribution in [-0.4, -0.2) is 76.4 Å². The second-order valence-corrected chi connectivity index (χ2v) is 12.9. The minimum absolute atomic E-state index is 0.124. The topological polar surface area (TPSA) is 78.0 Å². The van der Waals surface area contributed by atoms with Gasteiger partial charge in [-0.3, -0.25) is 29.0 Å². The van der Waals surface area contributed by atoms with Gasteiger partial charge in [-0.15, -0.1) is 0 Å². The van der Waals surface area contributed by atoms with E-state index in [4.69, 9.17) is 0 Å². The molecule has 7 nitrogen and oxygen atoms in total. The van der Waals surface area contributed by atoms with E-state index in [1.54, 1.807) is 36.4 Å². The Labute approximate surface area is 271 Å². The molecule has 0 spiro atoms. The van der Waals surface area contributed by atoms with E-state index in [1.807, 2.05) is 12.1 Å². The Kier molecular flexibility index (Phi) is 14.1. The quantitative estimate of drug-likeness (QED) is 0.0981. The predicted molar refractivity (Wildman–Crippen MR) is 178 cm³/mol. The molecule has 0 bridgehead atoms. The second-order valence-electron chi connectivity index (χ2n) is 12.1. The number of fused-ring (bicyclic) bond motifs is 2. The molecule has 4 amide bonds. The molecular formula is C36H48BrN3O4. The van der Waals surface area contributed by atoms with Crippen molar-refractivity contribution >= 4 is 39.6 Å². The van der Waals surface area contributed by atoms with Crippen LogP contribution in [0.2, 0.25) is 0 Å². The van der Waals surface area contributed by atoms with Crippen LogP contribution in [-0.2, 0) is 0 Å². The number of imide groups is 2. The fraction of sp³-hybridized carbons (Fsp3) is 0.556. The van der Waals surface area contributed by atoms with Crippen molar-refractivity contribution < 1.29 is 19.2 Å². The molecule has 3 heterocycles. The molecular weight excluding hydrogens is 618 g/mol. The number of rotatable bonds is 17. The van der Waals surface area contributed by atoms with Crippen molar-refractivity contribution in [2.45, 2.75) is 89.9 Å². The summed E-state index contributed by atoms with van der Waals surface area (Å²) in [6.45, 7) is 4.94. The van der Waals surface area contributed by atoms with Crippen LogP contribution in [0.15, 0.2) is 48.5 Å². The number of halogens is 1. The van der Waals surface area contributed by atoms with Crippen molar-refractivity contribution in [3.8, 4) is 0 Å². The second kappa shape index (κ2) is 18.2. The molecule has 5 rings (SSSR count). The van der Waals surface area contributed by atoms with Gasteiger partial charge in [0.15, 0.2) is 0 Å². The van der Waals surface area contributed by atoms with Crippen molar-refractivity contribution in [1.29, 1.82) is 0 Å². The summed E-state index contributed by atoms with van der Waals surface area (Å²) in [6.07, 6.45) is 16.7. The zero-order chi connectivity index (χ0) is 31.1. The van der Waals surface area contributed by atoms with Crippen LogP contribution in [0, 0.1) is 0 Å². The van der Waals surface area contributed by atoms with Gasteiger partial charge in [0.1, 0.15) is 0 Å². The van der Waals surface area contributed by atoms with Crippen LogP contribution in [0.4, 0.5) is 0 Å². The summed E-state index contributed by atoms with van der Waals surface area (Å²) in [6, 6.07) is 14.2. The van der Waals surface area contributed by atoms with Crippen molar-refractivity contribution in [2.24, 2.45) is 0 Å². The number of carbonyl (C=O) groups excluding carboxylic acids is 4. The first-order valence-corrected chi connectivity index (χ1v) is 17.8. The van der Waals surface area contributed by atoms with Crippen LogP contribution in [0.1, 0.15) is 131 Å². The Morgan fingerprint density at radius 3 is 1.14 bits per heavy atom. The van der Waals surface area contributed by atoms with E-state index in [0.717, 1.165) is 31.0 Å². The first-order valence-electron chi connectivity index (χ1n) is 16.7. The van der Waals surface area contributed by atoms with Crippen molar-refractivity contribution in [2.75, 3.05) is 38.1 Å². The highest BCUT2D eigenvalue weighted by molar-refractivity contribution is 9.09. The number of amides is 4. The molecule has 238 valence electrons. The lowest BCUT2D eigenvalue weighted by molar-refractivity contribution is 0.0636. The highest BCUT2D eigenvalue weighted by atomic mass is 79.9. The normalized spacial score (nSPS) is 16.0. The maximum absolute atomic E-state index is 12.2. The zero-order valence-corrected chi connectivity index (χ0v) is 27.7. The van der Waals surface area contributed by atoms with Crippen LogP contribution in [0.5, 0.6) is 0 Å². The van der Waals surface area contributed by atoms with E-state index in [0.29, 0.717) is 35.3 Å². The van der Waals surface area contributed by atoms with Gasteiger partial charge >= 0.3 is 0 Å². The summed E-state index contributed by atoms with van der Waals surface area (Å²) in [5.41, 5.74) is 2.22. The maximum atomic E-state index is 12.2. The Balaban J connectivity index is 0.000000204. The fourth-order valence-electron chi connectivity index (χ4n) is 6.27. The molecule has 44 heavy (non-hydrogen) atoms. The Morgan fingerprint density at radius 2 is 0.773 bits per heavy atom. The van der Waals surface area contributed by atoms with Crippen LogP contribution >= 0.6 is 15.9 Å². The zero-order valence-electron chi connectivity index (χ0n) is 26.1. The Morgan fingerprint density at radius 1 is 0.455 bits per heavy atom. The van der Waals surface area contributed by atoms with Gasteiger partial charge in [0, 0.05) is 18.4 Å². The van der Waals surface area contributed by atoms with E-state index in [2.05, 4.69) is 20.8 Å². The van der Waals surface area contributed by atoms with E-state index >= 15 is 0 Å². The summed E-state index contributed by atoms with van der Waals surface area (Å²) in [5.74, 6) is -0.516. The van der Waals surface area contributed by atoms with Gasteiger partial charge in [-0.25, -0.2) is 0 Å². The molecule has 2 aromatic carbocycles. The lowest BCUT2D eigenvalue weighted by atomic mass is 10.1. The number of hydrogen-bond donors (Lipinski definition) is 0. The third-order valence-electron chi connectivity index (χ3n) is 8.83. The van der Waals surface area contributed by atoms with Gasteiger partial charge in [0.05, 0.1) is 22.3 Å². The number of carbonyl (C=O) groups is 4. The predicted octanol–water partition coefficient (Wildman–Crippen LogP) is 7.74. The van der Waals surface area contributed by atoms with E-state index in [-0.39, 0.29) is 23.6 Å². The lowest BCUT2D eigenvalue weighted by Crippen LogP contribution is -2.30. The minimum Gasteiger partial charge on any atom is -0.303 e. The van der Waals surface area contributed by atoms with Crippen molar-refractivity contribution in [3.63, 3.8) is 0 Å². The summed E-state index contributed by atoms with van der Waals surface area (Å²) >= 11 is 3.42. The molecule has 3 aliphatic rings. The summed E-state index contributed by atoms with van der Waals surface area (Å²) in [4.78, 5) is 54.1. The van der Waals surface area contributed by atoms with Crippen molar-refractivity contribution in [1.82, 2.24) is 14.7 Å². The molecule has 0 atom stereocenters. The van der Waals surface area contributed by atoms with Gasteiger partial charge in [0.25, 0.3) is 23.6 Å². The average molecular weight is 667 g/mol. The van der Waals surface area contributed by atoms with Gasteiger partial charge < -0.3 is 4.90 Å². The van der Waals surface area contributed by atoms with E-state index in [9.17, 15) is 19.2 Å². The molecule has 8 heteroatoms. The number of benzene rings is 2. The van der Waals surface area contributed by atoms with Gasteiger partial charge in [-0.1, -0.05) is 91.6 Å². The molecule has 1 fully saturated rings. The maximum Gasteiger partial charge on any atom is 0.261 e. The lowest BCUT2D eigenvalue weighted by Gasteiger charge is -2.14. The number of unbranched alkanes of at least 4 members (excludes halogenated alkanes) is 10. The highest BCUT2D eigenvalue weighted by Crippen LogP contribution is 2.24. The minimum atomic E-state index is -0.134. The van der Waals surface area contributed by atoms with Crippen molar-refractivity contribution in [3.05, 3.63) is 70.8 Å². The van der Waals surface area contributed by atoms with Gasteiger partial charge in [0.2, 0.25) is 0 Å². The first-order chi connectivity index (χ1) is 21.5. The third kappa shape index (κ3) is 9.33. The van der Waals surface area contributed by atoms with E-state index in [1.165, 1.54) is 93.6 Å². The summed E-state index contributed by atoms with van der Waals surface area (Å²) < 4.78 is 0. The SMILES string of the molecule is O=C1c2ccccc2C(=O)N1CCCCCCCCBr.O=C1c2ccccc2C(=O)N1CCCCCCCCN1CCCC1. The summed E-state index contributed by atoms with van der Waals surface area (Å²) in [7, 11) is 0. The molecule has 0 saturated carbocycles. The first kappa shape index (κ1) is 34.0. The largest absolute Gasteiger partial charge is 0.303 e. The number of nitrogens with zero attached hydrogens (tertiary/aromatic N) is 3. The molecule has 3 aliphatic heterocycles. The van der Waals surface area contributed by atoms with Crippen LogP contribution < -0.4 is 0 Å². The number of hydrogen-bond acceptors (Lipinski definition) is 5. The summed E-state index contributed by atoms with van der Waals surface area (Å²) in [5, 5.41) is 1.07. The van der Waals surface area contributed by atoms with E-state index < -0.39 is 0 Å². The molecule has 0 aromatic heterocycles. The molecule has 0 aliphatic carbocycles. The molecule has 0 radical (unpaired) electrons. The third-order valence-corrected chi connectivity index (χ3v) is 9.39. The molecule has 0 unspecified atom stereocenters. The Hall–Kier alpha value is -2.84.